The second kappa shape index (κ2) is 7.28. The lowest BCUT2D eigenvalue weighted by Gasteiger charge is -2.34. The highest BCUT2D eigenvalue weighted by molar-refractivity contribution is 5.74. The van der Waals surface area contributed by atoms with Gasteiger partial charge in [-0.15, -0.1) is 0 Å². The molecule has 2 aliphatic heterocycles. The fourth-order valence-electron chi connectivity index (χ4n) is 4.28. The van der Waals surface area contributed by atoms with Crippen LogP contribution in [-0.4, -0.2) is 47.4 Å². The minimum atomic E-state index is 0.263. The first-order chi connectivity index (χ1) is 10.8. The predicted octanol–water partition coefficient (Wildman–Crippen LogP) is 3.09. The highest BCUT2D eigenvalue weighted by atomic mass is 16.2. The van der Waals surface area contributed by atoms with Crippen LogP contribution in [0.5, 0.6) is 0 Å². The molecule has 0 saturated carbocycles. The zero-order valence-corrected chi connectivity index (χ0v) is 13.7. The predicted molar refractivity (Wildman–Crippen MR) is 89.8 cm³/mol. The summed E-state index contributed by atoms with van der Waals surface area (Å²) in [6.07, 6.45) is 7.30. The highest BCUT2D eigenvalue weighted by Crippen LogP contribution is 2.30. The van der Waals surface area contributed by atoms with Crippen LogP contribution in [0.25, 0.3) is 0 Å². The van der Waals surface area contributed by atoms with Crippen molar-refractivity contribution in [1.82, 2.24) is 9.80 Å². The van der Waals surface area contributed by atoms with E-state index in [1.807, 2.05) is 0 Å². The zero-order valence-electron chi connectivity index (χ0n) is 13.7. The largest absolute Gasteiger partial charge is 0.338 e. The number of benzene rings is 1. The molecule has 2 fully saturated rings. The van der Waals surface area contributed by atoms with Crippen LogP contribution < -0.4 is 0 Å². The molecule has 0 unspecified atom stereocenters. The third kappa shape index (κ3) is 3.52. The maximum absolute atomic E-state index is 11.8. The van der Waals surface area contributed by atoms with Crippen molar-refractivity contribution in [3.05, 3.63) is 35.9 Å². The molecular formula is C19H28N2O. The van der Waals surface area contributed by atoms with Crippen LogP contribution in [-0.2, 0) is 11.2 Å². The summed E-state index contributed by atoms with van der Waals surface area (Å²) in [6, 6.07) is 11.8. The van der Waals surface area contributed by atoms with E-state index in [4.69, 9.17) is 0 Å². The molecule has 120 valence electrons. The minimum absolute atomic E-state index is 0.263. The molecule has 2 heterocycles. The molecule has 0 aliphatic carbocycles. The van der Waals surface area contributed by atoms with E-state index in [-0.39, 0.29) is 5.91 Å². The van der Waals surface area contributed by atoms with Crippen molar-refractivity contribution >= 4 is 5.91 Å². The molecule has 2 atom stereocenters. The van der Waals surface area contributed by atoms with Crippen molar-refractivity contribution in [2.24, 2.45) is 0 Å². The molecule has 2 saturated heterocycles. The lowest BCUT2D eigenvalue weighted by Crippen LogP contribution is -2.47. The van der Waals surface area contributed by atoms with Gasteiger partial charge in [-0.2, -0.15) is 0 Å². The highest BCUT2D eigenvalue weighted by Gasteiger charge is 2.38. The number of likely N-dealkylation sites (tertiary alicyclic amines) is 2. The smallest absolute Gasteiger partial charge is 0.219 e. The Bertz CT molecular complexity index is 487. The first-order valence-corrected chi connectivity index (χ1v) is 8.81. The molecule has 0 bridgehead atoms. The van der Waals surface area contributed by atoms with Gasteiger partial charge in [0.2, 0.25) is 5.91 Å². The maximum Gasteiger partial charge on any atom is 0.219 e. The summed E-state index contributed by atoms with van der Waals surface area (Å²) in [5.41, 5.74) is 1.43. The van der Waals surface area contributed by atoms with E-state index >= 15 is 0 Å². The maximum atomic E-state index is 11.8. The number of rotatable bonds is 5. The molecule has 3 nitrogen and oxygen atoms in total. The van der Waals surface area contributed by atoms with Gasteiger partial charge < -0.3 is 4.90 Å². The third-order valence-electron chi connectivity index (χ3n) is 5.32. The van der Waals surface area contributed by atoms with Crippen LogP contribution in [0, 0.1) is 0 Å². The van der Waals surface area contributed by atoms with Crippen molar-refractivity contribution in [2.75, 3.05) is 19.6 Å². The van der Waals surface area contributed by atoms with E-state index < -0.39 is 0 Å². The average Bonchev–Trinajstić information content (AvgIpc) is 3.16. The van der Waals surface area contributed by atoms with Crippen molar-refractivity contribution in [3.63, 3.8) is 0 Å². The SMILES string of the molecule is CC(=O)N1CCC[C@H]1[C@@H]1CCCN1CCCc1ccccc1. The van der Waals surface area contributed by atoms with Gasteiger partial charge in [0.25, 0.3) is 0 Å². The van der Waals surface area contributed by atoms with Crippen molar-refractivity contribution < 1.29 is 4.79 Å². The van der Waals surface area contributed by atoms with E-state index in [0.29, 0.717) is 12.1 Å². The summed E-state index contributed by atoms with van der Waals surface area (Å²) in [4.78, 5) is 16.6. The van der Waals surface area contributed by atoms with E-state index in [1.165, 1.54) is 50.8 Å². The first-order valence-electron chi connectivity index (χ1n) is 8.81. The lowest BCUT2D eigenvalue weighted by molar-refractivity contribution is -0.130. The van der Waals surface area contributed by atoms with Crippen molar-refractivity contribution in [3.8, 4) is 0 Å². The van der Waals surface area contributed by atoms with Gasteiger partial charge in [-0.1, -0.05) is 30.3 Å². The second-order valence-electron chi connectivity index (χ2n) is 6.76. The fraction of sp³-hybridized carbons (Fsp3) is 0.632. The van der Waals surface area contributed by atoms with Gasteiger partial charge in [0.05, 0.1) is 0 Å². The molecule has 1 aromatic carbocycles. The molecule has 3 rings (SSSR count). The molecule has 2 aliphatic rings. The molecule has 0 aromatic heterocycles. The molecule has 3 heteroatoms. The Morgan fingerprint density at radius 2 is 1.82 bits per heavy atom. The lowest BCUT2D eigenvalue weighted by atomic mass is 10.0. The number of carbonyl (C=O) groups is 1. The van der Waals surface area contributed by atoms with Crippen LogP contribution in [0.4, 0.5) is 0 Å². The molecule has 22 heavy (non-hydrogen) atoms. The summed E-state index contributed by atoms with van der Waals surface area (Å²) >= 11 is 0. The number of amides is 1. The van der Waals surface area contributed by atoms with Crippen LogP contribution in [0.2, 0.25) is 0 Å². The van der Waals surface area contributed by atoms with Crippen LogP contribution in [0.3, 0.4) is 0 Å². The topological polar surface area (TPSA) is 23.6 Å². The number of carbonyl (C=O) groups excluding carboxylic acids is 1. The third-order valence-corrected chi connectivity index (χ3v) is 5.32. The van der Waals surface area contributed by atoms with Crippen LogP contribution >= 0.6 is 0 Å². The molecular weight excluding hydrogens is 272 g/mol. The van der Waals surface area contributed by atoms with E-state index in [1.54, 1.807) is 6.92 Å². The Balaban J connectivity index is 1.53. The van der Waals surface area contributed by atoms with Gasteiger partial charge in [-0.05, 0) is 57.2 Å². The molecule has 1 amide bonds. The summed E-state index contributed by atoms with van der Waals surface area (Å²) in [5, 5.41) is 0. The zero-order chi connectivity index (χ0) is 15.4. The summed E-state index contributed by atoms with van der Waals surface area (Å²) < 4.78 is 0. The Morgan fingerprint density at radius 1 is 1.09 bits per heavy atom. The number of hydrogen-bond acceptors (Lipinski definition) is 2. The van der Waals surface area contributed by atoms with Crippen LogP contribution in [0.15, 0.2) is 30.3 Å². The Labute approximate surface area is 134 Å². The number of hydrogen-bond donors (Lipinski definition) is 0. The standard InChI is InChI=1S/C19H28N2O/c1-16(22)21-15-7-12-19(21)18-11-6-14-20(18)13-5-10-17-8-3-2-4-9-17/h2-4,8-9,18-19H,5-7,10-15H2,1H3/t18-,19-/m0/s1. The summed E-state index contributed by atoms with van der Waals surface area (Å²) in [7, 11) is 0. The van der Waals surface area contributed by atoms with E-state index in [0.717, 1.165) is 13.0 Å². The van der Waals surface area contributed by atoms with E-state index in [2.05, 4.69) is 40.1 Å². The molecule has 0 N–H and O–H groups in total. The van der Waals surface area contributed by atoms with E-state index in [9.17, 15) is 4.79 Å². The fourth-order valence-corrected chi connectivity index (χ4v) is 4.28. The summed E-state index contributed by atoms with van der Waals surface area (Å²) in [6.45, 7) is 5.07. The minimum Gasteiger partial charge on any atom is -0.338 e. The monoisotopic (exact) mass is 300 g/mol. The Kier molecular flexibility index (Phi) is 5.14. The van der Waals surface area contributed by atoms with Gasteiger partial charge >= 0.3 is 0 Å². The number of aryl methyl sites for hydroxylation is 1. The summed E-state index contributed by atoms with van der Waals surface area (Å²) in [5.74, 6) is 0.263. The molecule has 0 radical (unpaired) electrons. The van der Waals surface area contributed by atoms with Crippen molar-refractivity contribution in [2.45, 2.75) is 57.5 Å². The Morgan fingerprint density at radius 3 is 2.59 bits per heavy atom. The molecule has 1 aromatic rings. The van der Waals surface area contributed by atoms with Gasteiger partial charge in [0.15, 0.2) is 0 Å². The van der Waals surface area contributed by atoms with Crippen molar-refractivity contribution in [1.29, 1.82) is 0 Å². The van der Waals surface area contributed by atoms with Gasteiger partial charge in [-0.3, -0.25) is 9.69 Å². The van der Waals surface area contributed by atoms with Crippen LogP contribution in [0.1, 0.15) is 44.6 Å². The number of nitrogens with zero attached hydrogens (tertiary/aromatic N) is 2. The van der Waals surface area contributed by atoms with Gasteiger partial charge in [0.1, 0.15) is 0 Å². The molecule has 0 spiro atoms. The first kappa shape index (κ1) is 15.5. The van der Waals surface area contributed by atoms with Gasteiger partial charge in [-0.25, -0.2) is 0 Å². The second-order valence-corrected chi connectivity index (χ2v) is 6.76. The van der Waals surface area contributed by atoms with Gasteiger partial charge in [0, 0.05) is 25.6 Å². The average molecular weight is 300 g/mol. The Hall–Kier alpha value is -1.35. The normalized spacial score (nSPS) is 25.8. The quantitative estimate of drug-likeness (QED) is 0.834.